The predicted octanol–water partition coefficient (Wildman–Crippen LogP) is -0.975. The number of carbonyl (C=O) groups is 5. The summed E-state index contributed by atoms with van der Waals surface area (Å²) in [5.74, 6) is -1.20. The maximum Gasteiger partial charge on any atom is 0.243 e. The van der Waals surface area contributed by atoms with Crippen LogP contribution in [-0.2, 0) is 39.9 Å². The van der Waals surface area contributed by atoms with Crippen LogP contribution in [0.1, 0.15) is 32.3 Å². The van der Waals surface area contributed by atoms with Crippen molar-refractivity contribution < 1.29 is 38.2 Å². The van der Waals surface area contributed by atoms with Gasteiger partial charge in [-0.15, -0.1) is 0 Å². The summed E-state index contributed by atoms with van der Waals surface area (Å²) >= 11 is 0. The van der Waals surface area contributed by atoms with E-state index in [1.807, 2.05) is 4.90 Å². The summed E-state index contributed by atoms with van der Waals surface area (Å²) in [7, 11) is 1.55. The third kappa shape index (κ3) is 8.49. The first-order valence-corrected chi connectivity index (χ1v) is 14.4. The Morgan fingerprint density at radius 3 is 2.26 bits per heavy atom. The number of likely N-dealkylation sites (tertiary alicyclic amines) is 1. The van der Waals surface area contributed by atoms with Crippen molar-refractivity contribution in [2.75, 3.05) is 59.7 Å². The summed E-state index contributed by atoms with van der Waals surface area (Å²) in [6.45, 7) is 6.46. The van der Waals surface area contributed by atoms with Gasteiger partial charge in [0.2, 0.25) is 23.6 Å². The van der Waals surface area contributed by atoms with Crippen LogP contribution in [0.25, 0.3) is 0 Å². The van der Waals surface area contributed by atoms with Crippen LogP contribution < -0.4 is 20.7 Å². The fraction of sp³-hybridized carbons (Fsp3) is 0.621. The number of methoxy groups -OCH3 is 1. The monoisotopic (exact) mass is 587 g/mol. The Labute approximate surface area is 245 Å². The number of benzene rings is 1. The molecule has 4 atom stereocenters. The number of ketones is 1. The summed E-state index contributed by atoms with van der Waals surface area (Å²) in [6, 6.07) is 4.07. The Balaban J connectivity index is 1.45. The molecule has 4 rings (SSSR count). The molecule has 0 bridgehead atoms. The van der Waals surface area contributed by atoms with E-state index < -0.39 is 35.5 Å². The van der Waals surface area contributed by atoms with E-state index in [1.165, 1.54) is 0 Å². The molecule has 3 N–H and O–H groups in total. The first-order chi connectivity index (χ1) is 20.1. The molecule has 1 aromatic rings. The normalized spacial score (nSPS) is 22.5. The molecule has 0 aromatic heterocycles. The molecule has 13 heteroatoms. The second-order valence-corrected chi connectivity index (χ2v) is 11.2. The second kappa shape index (κ2) is 14.1. The van der Waals surface area contributed by atoms with Crippen LogP contribution in [0.5, 0.6) is 5.75 Å². The average Bonchev–Trinajstić information content (AvgIpc) is 3.61. The Bertz CT molecular complexity index is 1150. The van der Waals surface area contributed by atoms with Gasteiger partial charge in [-0.1, -0.05) is 12.1 Å². The van der Waals surface area contributed by atoms with Crippen molar-refractivity contribution in [3.05, 3.63) is 29.8 Å². The minimum Gasteiger partial charge on any atom is -0.497 e. The quantitative estimate of drug-likeness (QED) is 0.233. The minimum atomic E-state index is -1.07. The van der Waals surface area contributed by atoms with Gasteiger partial charge in [-0.25, -0.2) is 0 Å². The van der Waals surface area contributed by atoms with E-state index in [4.69, 9.17) is 14.2 Å². The van der Waals surface area contributed by atoms with Gasteiger partial charge in [0.25, 0.3) is 0 Å². The smallest absolute Gasteiger partial charge is 0.243 e. The Kier molecular flexibility index (Phi) is 10.5. The van der Waals surface area contributed by atoms with Gasteiger partial charge in [0.1, 0.15) is 29.5 Å². The summed E-state index contributed by atoms with van der Waals surface area (Å²) in [4.78, 5) is 68.5. The zero-order chi connectivity index (χ0) is 30.3. The highest BCUT2D eigenvalue weighted by Gasteiger charge is 2.51. The number of rotatable bonds is 14. The molecule has 3 heterocycles. The van der Waals surface area contributed by atoms with Crippen LogP contribution in [0.4, 0.5) is 0 Å². The molecule has 0 radical (unpaired) electrons. The lowest BCUT2D eigenvalue weighted by Gasteiger charge is -2.28. The highest BCUT2D eigenvalue weighted by molar-refractivity contribution is 5.99. The standard InChI is InChI=1S/C29H41N5O8/c1-19(30-24(35)17-33-11-13-41-14-12-33)27(38)31-22(15-20-6-8-21(40-3)9-7-20)28(39)32-23(26(37)29(2)18-42-29)16-34-10-4-5-25(34)36/h6-9,19,22-23H,4-5,10-18H2,1-3H3,(H,30,35)(H,31,38)(H,32,39). The first kappa shape index (κ1) is 31.4. The lowest BCUT2D eigenvalue weighted by atomic mass is 9.98. The first-order valence-electron chi connectivity index (χ1n) is 14.4. The molecule has 4 amide bonds. The zero-order valence-corrected chi connectivity index (χ0v) is 24.5. The van der Waals surface area contributed by atoms with Crippen LogP contribution in [-0.4, -0.2) is 123 Å². The Morgan fingerprint density at radius 2 is 1.67 bits per heavy atom. The molecule has 1 aromatic carbocycles. The maximum absolute atomic E-state index is 13.7. The number of epoxide rings is 1. The Hall–Kier alpha value is -3.55. The molecule has 0 aliphatic carbocycles. The van der Waals surface area contributed by atoms with Gasteiger partial charge in [0.05, 0.1) is 33.5 Å². The van der Waals surface area contributed by atoms with Crippen molar-refractivity contribution in [1.82, 2.24) is 25.8 Å². The number of morpholine rings is 1. The fourth-order valence-corrected chi connectivity index (χ4v) is 5.02. The molecule has 3 aliphatic heterocycles. The average molecular weight is 588 g/mol. The zero-order valence-electron chi connectivity index (χ0n) is 24.5. The highest BCUT2D eigenvalue weighted by Crippen LogP contribution is 2.29. The van der Waals surface area contributed by atoms with Crippen molar-refractivity contribution in [3.63, 3.8) is 0 Å². The van der Waals surface area contributed by atoms with Gasteiger partial charge in [-0.2, -0.15) is 0 Å². The molecule has 3 aliphatic rings. The number of amides is 4. The SMILES string of the molecule is COc1ccc(CC(NC(=O)C(C)NC(=O)CN2CCOCC2)C(=O)NC(CN2CCCC2=O)C(=O)C2(C)CO2)cc1. The topological polar surface area (TPSA) is 159 Å². The Morgan fingerprint density at radius 1 is 1.00 bits per heavy atom. The van der Waals surface area contributed by atoms with Gasteiger partial charge in [0, 0.05) is 39.0 Å². The molecule has 4 unspecified atom stereocenters. The van der Waals surface area contributed by atoms with E-state index >= 15 is 0 Å². The lowest BCUT2D eigenvalue weighted by Crippen LogP contribution is -2.59. The van der Waals surface area contributed by atoms with Gasteiger partial charge in [-0.3, -0.25) is 28.9 Å². The third-order valence-corrected chi connectivity index (χ3v) is 7.78. The van der Waals surface area contributed by atoms with E-state index in [-0.39, 0.29) is 43.7 Å². The number of nitrogens with zero attached hydrogens (tertiary/aromatic N) is 2. The number of Topliss-reactive ketones (excluding diaryl/α,β-unsaturated/α-hetero) is 1. The summed E-state index contributed by atoms with van der Waals surface area (Å²) in [5.41, 5.74) is -0.273. The number of carbonyl (C=O) groups excluding carboxylic acids is 5. The van der Waals surface area contributed by atoms with Crippen LogP contribution in [0.3, 0.4) is 0 Å². The molecule has 13 nitrogen and oxygen atoms in total. The van der Waals surface area contributed by atoms with Crippen molar-refractivity contribution in [2.45, 2.75) is 56.8 Å². The lowest BCUT2D eigenvalue weighted by molar-refractivity contribution is -0.135. The van der Waals surface area contributed by atoms with Crippen molar-refractivity contribution in [2.24, 2.45) is 0 Å². The molecular formula is C29H41N5O8. The summed E-state index contributed by atoms with van der Waals surface area (Å²) in [5, 5.41) is 8.23. The molecule has 42 heavy (non-hydrogen) atoms. The molecule has 3 saturated heterocycles. The van der Waals surface area contributed by atoms with Gasteiger partial charge in [-0.05, 0) is 38.0 Å². The third-order valence-electron chi connectivity index (χ3n) is 7.78. The highest BCUT2D eigenvalue weighted by atomic mass is 16.6. The van der Waals surface area contributed by atoms with Crippen molar-refractivity contribution in [1.29, 1.82) is 0 Å². The largest absolute Gasteiger partial charge is 0.497 e. The maximum atomic E-state index is 13.7. The van der Waals surface area contributed by atoms with E-state index in [0.717, 1.165) is 5.56 Å². The van der Waals surface area contributed by atoms with E-state index in [2.05, 4.69) is 16.0 Å². The van der Waals surface area contributed by atoms with Crippen LogP contribution in [0, 0.1) is 0 Å². The van der Waals surface area contributed by atoms with Crippen LogP contribution >= 0.6 is 0 Å². The summed E-state index contributed by atoms with van der Waals surface area (Å²) < 4.78 is 15.9. The molecule has 0 spiro atoms. The second-order valence-electron chi connectivity index (χ2n) is 11.2. The van der Waals surface area contributed by atoms with Gasteiger partial charge in [0.15, 0.2) is 5.78 Å². The van der Waals surface area contributed by atoms with Crippen molar-refractivity contribution in [3.8, 4) is 5.75 Å². The van der Waals surface area contributed by atoms with Crippen molar-refractivity contribution >= 4 is 29.4 Å². The van der Waals surface area contributed by atoms with E-state index in [0.29, 0.717) is 51.4 Å². The predicted molar refractivity (Wildman–Crippen MR) is 151 cm³/mol. The minimum absolute atomic E-state index is 0.0273. The number of hydrogen-bond donors (Lipinski definition) is 3. The number of nitrogens with one attached hydrogen (secondary N) is 3. The molecule has 230 valence electrons. The van der Waals surface area contributed by atoms with Crippen LogP contribution in [0.15, 0.2) is 24.3 Å². The van der Waals surface area contributed by atoms with E-state index in [9.17, 15) is 24.0 Å². The number of hydrogen-bond acceptors (Lipinski definition) is 9. The van der Waals surface area contributed by atoms with E-state index in [1.54, 1.807) is 50.1 Å². The number of ether oxygens (including phenoxy) is 3. The molecular weight excluding hydrogens is 546 g/mol. The van der Waals surface area contributed by atoms with Gasteiger partial charge >= 0.3 is 0 Å². The van der Waals surface area contributed by atoms with Crippen LogP contribution in [0.2, 0.25) is 0 Å². The fourth-order valence-electron chi connectivity index (χ4n) is 5.02. The molecule has 3 fully saturated rings. The summed E-state index contributed by atoms with van der Waals surface area (Å²) in [6.07, 6.45) is 1.20. The van der Waals surface area contributed by atoms with Gasteiger partial charge < -0.3 is 35.1 Å². The molecule has 0 saturated carbocycles.